The van der Waals surface area contributed by atoms with Gasteiger partial charge in [0.2, 0.25) is 5.91 Å². The van der Waals surface area contributed by atoms with Crippen LogP contribution in [0.1, 0.15) is 12.2 Å². The molecule has 3 rings (SSSR count). The van der Waals surface area contributed by atoms with Crippen molar-refractivity contribution in [2.24, 2.45) is 5.92 Å². The Kier molecular flexibility index (Phi) is 5.10. The van der Waals surface area contributed by atoms with E-state index in [2.05, 4.69) is 10.6 Å². The lowest BCUT2D eigenvalue weighted by atomic mass is 10.1. The Morgan fingerprint density at radius 1 is 1.22 bits per heavy atom. The maximum absolute atomic E-state index is 11.9. The maximum atomic E-state index is 11.9. The quantitative estimate of drug-likeness (QED) is 0.757. The molecule has 122 valence electrons. The van der Waals surface area contributed by atoms with Gasteiger partial charge in [0.15, 0.2) is 0 Å². The number of hydrogen-bond donors (Lipinski definition) is 3. The molecule has 1 amide bonds. The number of aliphatic hydroxyl groups is 1. The van der Waals surface area contributed by atoms with Crippen molar-refractivity contribution in [3.05, 3.63) is 48.2 Å². The predicted molar refractivity (Wildman–Crippen MR) is 87.8 cm³/mol. The topological polar surface area (TPSA) is 74.5 Å². The third-order valence-electron chi connectivity index (χ3n) is 4.18. The molecule has 5 heteroatoms. The molecule has 1 fully saturated rings. The van der Waals surface area contributed by atoms with Gasteiger partial charge in [-0.25, -0.2) is 0 Å². The summed E-state index contributed by atoms with van der Waals surface area (Å²) in [5, 5.41) is 15.7. The van der Waals surface area contributed by atoms with Crippen LogP contribution in [0.2, 0.25) is 0 Å². The van der Waals surface area contributed by atoms with Crippen LogP contribution in [0.25, 0.3) is 11.3 Å². The first-order valence-corrected chi connectivity index (χ1v) is 8.02. The Hall–Kier alpha value is -2.11. The zero-order valence-electron chi connectivity index (χ0n) is 13.0. The van der Waals surface area contributed by atoms with Gasteiger partial charge >= 0.3 is 0 Å². The van der Waals surface area contributed by atoms with Gasteiger partial charge in [0.1, 0.15) is 11.5 Å². The largest absolute Gasteiger partial charge is 0.461 e. The Morgan fingerprint density at radius 3 is 2.78 bits per heavy atom. The third kappa shape index (κ3) is 4.21. The van der Waals surface area contributed by atoms with Crippen molar-refractivity contribution in [1.82, 2.24) is 10.6 Å². The molecule has 0 radical (unpaired) electrons. The van der Waals surface area contributed by atoms with E-state index in [-0.39, 0.29) is 17.9 Å². The second kappa shape index (κ2) is 7.44. The molecule has 0 spiro atoms. The van der Waals surface area contributed by atoms with E-state index >= 15 is 0 Å². The summed E-state index contributed by atoms with van der Waals surface area (Å²) < 4.78 is 5.79. The lowest BCUT2D eigenvalue weighted by Gasteiger charge is -2.13. The van der Waals surface area contributed by atoms with Gasteiger partial charge in [-0.15, -0.1) is 0 Å². The lowest BCUT2D eigenvalue weighted by molar-refractivity contribution is -0.121. The average Bonchev–Trinajstić information content (AvgIpc) is 3.21. The molecule has 1 saturated heterocycles. The Morgan fingerprint density at radius 2 is 2.04 bits per heavy atom. The van der Waals surface area contributed by atoms with Crippen molar-refractivity contribution in [3.63, 3.8) is 0 Å². The second-order valence-electron chi connectivity index (χ2n) is 5.92. The number of aryl methyl sites for hydroxylation is 1. The van der Waals surface area contributed by atoms with Crippen LogP contribution in [0.3, 0.4) is 0 Å². The fourth-order valence-corrected chi connectivity index (χ4v) is 2.77. The summed E-state index contributed by atoms with van der Waals surface area (Å²) >= 11 is 0. The van der Waals surface area contributed by atoms with Gasteiger partial charge < -0.3 is 20.2 Å². The summed E-state index contributed by atoms with van der Waals surface area (Å²) in [6.07, 6.45) is 0.594. The van der Waals surface area contributed by atoms with Crippen LogP contribution in [0, 0.1) is 5.92 Å². The molecule has 0 saturated carbocycles. The highest BCUT2D eigenvalue weighted by atomic mass is 16.3. The number of β-amino-alcohol motifs (C(OH)–C–C–N with tert-alkyl or cyclic N) is 1. The molecule has 23 heavy (non-hydrogen) atoms. The van der Waals surface area contributed by atoms with Crippen LogP contribution in [-0.2, 0) is 11.2 Å². The van der Waals surface area contributed by atoms with E-state index in [0.717, 1.165) is 23.6 Å². The van der Waals surface area contributed by atoms with Gasteiger partial charge in [-0.05, 0) is 12.1 Å². The SMILES string of the molecule is O=C(CCc1ccc(-c2ccccc2)o1)NCC1CNCC1O. The van der Waals surface area contributed by atoms with Crippen molar-refractivity contribution >= 4 is 5.91 Å². The molecule has 0 aliphatic carbocycles. The summed E-state index contributed by atoms with van der Waals surface area (Å²) in [6, 6.07) is 13.7. The summed E-state index contributed by atoms with van der Waals surface area (Å²) in [7, 11) is 0. The van der Waals surface area contributed by atoms with E-state index in [0.29, 0.717) is 25.9 Å². The number of furan rings is 1. The minimum absolute atomic E-state index is 0.0123. The van der Waals surface area contributed by atoms with Gasteiger partial charge in [-0.3, -0.25) is 4.79 Å². The molecule has 0 bridgehead atoms. The molecule has 1 aliphatic heterocycles. The van der Waals surface area contributed by atoms with Crippen molar-refractivity contribution in [2.45, 2.75) is 18.9 Å². The van der Waals surface area contributed by atoms with Gasteiger partial charge in [0.25, 0.3) is 0 Å². The van der Waals surface area contributed by atoms with Crippen LogP contribution in [0.15, 0.2) is 46.9 Å². The van der Waals surface area contributed by atoms with E-state index in [1.165, 1.54) is 0 Å². The molecule has 1 aromatic carbocycles. The molecule has 1 aromatic heterocycles. The van der Waals surface area contributed by atoms with Crippen molar-refractivity contribution in [1.29, 1.82) is 0 Å². The Bertz CT molecular complexity index is 639. The Labute approximate surface area is 135 Å². The van der Waals surface area contributed by atoms with Crippen LogP contribution in [0.5, 0.6) is 0 Å². The van der Waals surface area contributed by atoms with E-state index < -0.39 is 0 Å². The monoisotopic (exact) mass is 314 g/mol. The van der Waals surface area contributed by atoms with E-state index in [1.54, 1.807) is 0 Å². The highest BCUT2D eigenvalue weighted by Crippen LogP contribution is 2.22. The molecule has 2 unspecified atom stereocenters. The molecule has 2 atom stereocenters. The van der Waals surface area contributed by atoms with Crippen LogP contribution >= 0.6 is 0 Å². The number of carbonyl (C=O) groups excluding carboxylic acids is 1. The third-order valence-corrected chi connectivity index (χ3v) is 4.18. The summed E-state index contributed by atoms with van der Waals surface area (Å²) in [5.74, 6) is 1.72. The van der Waals surface area contributed by atoms with Gasteiger partial charge in [0, 0.05) is 44.0 Å². The number of hydrogen-bond acceptors (Lipinski definition) is 4. The second-order valence-corrected chi connectivity index (χ2v) is 5.92. The zero-order chi connectivity index (χ0) is 16.1. The van der Waals surface area contributed by atoms with E-state index in [4.69, 9.17) is 4.42 Å². The summed E-state index contributed by atoms with van der Waals surface area (Å²) in [5.41, 5.74) is 1.03. The molecular formula is C18H22N2O3. The maximum Gasteiger partial charge on any atom is 0.220 e. The number of nitrogens with one attached hydrogen (secondary N) is 2. The minimum Gasteiger partial charge on any atom is -0.461 e. The van der Waals surface area contributed by atoms with E-state index in [1.807, 2.05) is 42.5 Å². The van der Waals surface area contributed by atoms with Gasteiger partial charge in [0.05, 0.1) is 6.10 Å². The molecule has 2 aromatic rings. The molecular weight excluding hydrogens is 292 g/mol. The van der Waals surface area contributed by atoms with Crippen LogP contribution < -0.4 is 10.6 Å². The van der Waals surface area contributed by atoms with Crippen molar-refractivity contribution < 1.29 is 14.3 Å². The number of amides is 1. The summed E-state index contributed by atoms with van der Waals surface area (Å²) in [4.78, 5) is 11.9. The normalized spacial score (nSPS) is 20.6. The van der Waals surface area contributed by atoms with Gasteiger partial charge in [-0.1, -0.05) is 30.3 Å². The smallest absolute Gasteiger partial charge is 0.220 e. The molecule has 1 aliphatic rings. The first kappa shape index (κ1) is 15.8. The Balaban J connectivity index is 1.45. The standard InChI is InChI=1S/C18H22N2O3/c21-16-12-19-10-14(16)11-20-18(22)9-7-15-6-8-17(23-15)13-4-2-1-3-5-13/h1-6,8,14,16,19,21H,7,9-12H2,(H,20,22). The number of aliphatic hydroxyl groups excluding tert-OH is 1. The number of carbonyl (C=O) groups is 1. The first-order chi connectivity index (χ1) is 11.2. The number of rotatable bonds is 6. The summed E-state index contributed by atoms with van der Waals surface area (Å²) in [6.45, 7) is 1.87. The highest BCUT2D eigenvalue weighted by molar-refractivity contribution is 5.76. The lowest BCUT2D eigenvalue weighted by Crippen LogP contribution is -2.34. The first-order valence-electron chi connectivity index (χ1n) is 8.02. The van der Waals surface area contributed by atoms with Crippen LogP contribution in [0.4, 0.5) is 0 Å². The van der Waals surface area contributed by atoms with Gasteiger partial charge in [-0.2, -0.15) is 0 Å². The average molecular weight is 314 g/mol. The predicted octanol–water partition coefficient (Wildman–Crippen LogP) is 1.58. The van der Waals surface area contributed by atoms with Crippen LogP contribution in [-0.4, -0.2) is 36.8 Å². The minimum atomic E-state index is -0.367. The fraction of sp³-hybridized carbons (Fsp3) is 0.389. The molecule has 5 nitrogen and oxygen atoms in total. The molecule has 2 heterocycles. The fourth-order valence-electron chi connectivity index (χ4n) is 2.77. The van der Waals surface area contributed by atoms with E-state index in [9.17, 15) is 9.90 Å². The highest BCUT2D eigenvalue weighted by Gasteiger charge is 2.24. The zero-order valence-corrected chi connectivity index (χ0v) is 13.0. The number of benzene rings is 1. The van der Waals surface area contributed by atoms with Crippen molar-refractivity contribution in [3.8, 4) is 11.3 Å². The van der Waals surface area contributed by atoms with Crippen molar-refractivity contribution in [2.75, 3.05) is 19.6 Å². The molecule has 3 N–H and O–H groups in total.